The van der Waals surface area contributed by atoms with Gasteiger partial charge in [0.1, 0.15) is 22.8 Å². The molecule has 0 aromatic carbocycles. The molecule has 0 radical (unpaired) electrons. The molecule has 0 spiro atoms. The Balaban J connectivity index is 5.24. The summed E-state index contributed by atoms with van der Waals surface area (Å²) in [5.74, 6) is -1.36. The quantitative estimate of drug-likeness (QED) is 0.505. The van der Waals surface area contributed by atoms with Crippen LogP contribution in [0.5, 0.6) is 0 Å². The van der Waals surface area contributed by atoms with E-state index in [2.05, 4.69) is 10.6 Å². The van der Waals surface area contributed by atoms with Crippen LogP contribution in [0.25, 0.3) is 0 Å². The van der Waals surface area contributed by atoms with E-state index < -0.39 is 53.6 Å². The number of rotatable bonds is 7. The highest BCUT2D eigenvalue weighted by molar-refractivity contribution is 5.81. The summed E-state index contributed by atoms with van der Waals surface area (Å²) in [5.41, 5.74) is -2.35. The molecule has 3 N–H and O–H groups in total. The molecule has 11 nitrogen and oxygen atoms in total. The number of nitrogens with one attached hydrogen (secondary N) is 2. The number of ether oxygens (including phenoxy) is 3. The van der Waals surface area contributed by atoms with Gasteiger partial charge in [-0.25, -0.2) is 19.2 Å². The van der Waals surface area contributed by atoms with E-state index in [4.69, 9.17) is 14.2 Å². The molecule has 31 heavy (non-hydrogen) atoms. The second-order valence-electron chi connectivity index (χ2n) is 9.89. The molecule has 0 bridgehead atoms. The predicted octanol–water partition coefficient (Wildman–Crippen LogP) is 2.73. The monoisotopic (exact) mass is 447 g/mol. The molecule has 0 fully saturated rings. The van der Waals surface area contributed by atoms with Crippen LogP contribution in [0.15, 0.2) is 0 Å². The third-order valence-electron chi connectivity index (χ3n) is 3.09. The van der Waals surface area contributed by atoms with Crippen LogP contribution in [0.4, 0.5) is 14.4 Å². The van der Waals surface area contributed by atoms with Crippen LogP contribution in [-0.4, -0.2) is 76.7 Å². The summed E-state index contributed by atoms with van der Waals surface area (Å²) in [5, 5.41) is 14.2. The predicted molar refractivity (Wildman–Crippen MR) is 113 cm³/mol. The van der Waals surface area contributed by atoms with Gasteiger partial charge in [-0.3, -0.25) is 0 Å². The van der Waals surface area contributed by atoms with E-state index >= 15 is 0 Å². The normalized spacial score (nSPS) is 12.9. The van der Waals surface area contributed by atoms with Crippen LogP contribution in [0.3, 0.4) is 0 Å². The Morgan fingerprint density at radius 2 is 1.26 bits per heavy atom. The summed E-state index contributed by atoms with van der Waals surface area (Å²) in [6.45, 7) is 14.5. The van der Waals surface area contributed by atoms with Crippen molar-refractivity contribution in [1.82, 2.24) is 15.5 Å². The van der Waals surface area contributed by atoms with E-state index in [-0.39, 0.29) is 13.1 Å². The first-order valence-corrected chi connectivity index (χ1v) is 9.96. The molecule has 0 aliphatic heterocycles. The van der Waals surface area contributed by atoms with Crippen LogP contribution >= 0.6 is 0 Å². The molecule has 0 aromatic heterocycles. The first-order chi connectivity index (χ1) is 13.8. The number of carbonyl (C=O) groups excluding carboxylic acids is 3. The lowest BCUT2D eigenvalue weighted by Gasteiger charge is -2.30. The van der Waals surface area contributed by atoms with Gasteiger partial charge < -0.3 is 34.9 Å². The molecule has 11 heteroatoms. The summed E-state index contributed by atoms with van der Waals surface area (Å²) in [4.78, 5) is 49.1. The number of amides is 3. The van der Waals surface area contributed by atoms with Gasteiger partial charge in [0.2, 0.25) is 0 Å². The van der Waals surface area contributed by atoms with Crippen LogP contribution in [0.1, 0.15) is 62.3 Å². The standard InChI is InChI=1S/C20H37N3O8/c1-18(2,3)29-15(26)21-10-11-23(17(28)31-20(7,8)9)12-13(14(24)25)22-16(27)30-19(4,5)6/h13H,10-12H2,1-9H3,(H,21,26)(H,22,27)(H,24,25)/t13-/m0/s1. The Labute approximate surface area is 183 Å². The second-order valence-corrected chi connectivity index (χ2v) is 9.89. The minimum atomic E-state index is -1.45. The molecule has 0 aromatic rings. The number of hydrogen-bond acceptors (Lipinski definition) is 7. The second kappa shape index (κ2) is 11.1. The van der Waals surface area contributed by atoms with E-state index in [9.17, 15) is 24.3 Å². The highest BCUT2D eigenvalue weighted by Crippen LogP contribution is 2.11. The van der Waals surface area contributed by atoms with E-state index in [0.717, 1.165) is 4.90 Å². The van der Waals surface area contributed by atoms with Gasteiger partial charge in [0.05, 0.1) is 6.54 Å². The zero-order valence-corrected chi connectivity index (χ0v) is 20.0. The molecule has 0 rings (SSSR count). The van der Waals surface area contributed by atoms with Crippen LogP contribution in [0.2, 0.25) is 0 Å². The molecule has 0 saturated carbocycles. The molecular weight excluding hydrogens is 410 g/mol. The Kier molecular flexibility index (Phi) is 10.1. The number of carboxylic acid groups (broad SMARTS) is 1. The maximum atomic E-state index is 12.6. The van der Waals surface area contributed by atoms with Crippen molar-refractivity contribution >= 4 is 24.2 Å². The number of carboxylic acids is 1. The number of carbonyl (C=O) groups is 4. The molecule has 0 aliphatic rings. The van der Waals surface area contributed by atoms with E-state index in [0.29, 0.717) is 0 Å². The molecule has 0 heterocycles. The van der Waals surface area contributed by atoms with Gasteiger partial charge in [-0.1, -0.05) is 0 Å². The van der Waals surface area contributed by atoms with Gasteiger partial charge in [0, 0.05) is 13.1 Å². The van der Waals surface area contributed by atoms with E-state index in [1.807, 2.05) is 0 Å². The average molecular weight is 448 g/mol. The molecule has 0 unspecified atom stereocenters. The summed E-state index contributed by atoms with van der Waals surface area (Å²) >= 11 is 0. The lowest BCUT2D eigenvalue weighted by Crippen LogP contribution is -2.53. The highest BCUT2D eigenvalue weighted by Gasteiger charge is 2.30. The molecule has 0 saturated heterocycles. The van der Waals surface area contributed by atoms with Crippen molar-refractivity contribution in [1.29, 1.82) is 0 Å². The Morgan fingerprint density at radius 1 is 0.806 bits per heavy atom. The third kappa shape index (κ3) is 14.8. The van der Waals surface area contributed by atoms with Gasteiger partial charge in [-0.2, -0.15) is 0 Å². The van der Waals surface area contributed by atoms with Gasteiger partial charge in [0.15, 0.2) is 0 Å². The topological polar surface area (TPSA) is 144 Å². The van der Waals surface area contributed by atoms with Gasteiger partial charge in [0.25, 0.3) is 0 Å². The SMILES string of the molecule is CC(C)(C)OC(=O)NCCN(C[C@H](NC(=O)OC(C)(C)C)C(=O)O)C(=O)OC(C)(C)C. The molecular formula is C20H37N3O8. The van der Waals surface area contributed by atoms with Crippen molar-refractivity contribution in [3.63, 3.8) is 0 Å². The Morgan fingerprint density at radius 3 is 1.68 bits per heavy atom. The molecule has 180 valence electrons. The Hall–Kier alpha value is -2.72. The van der Waals surface area contributed by atoms with Crippen molar-refractivity contribution in [2.24, 2.45) is 0 Å². The minimum absolute atomic E-state index is 0.0209. The van der Waals surface area contributed by atoms with Crippen LogP contribution in [-0.2, 0) is 19.0 Å². The largest absolute Gasteiger partial charge is 0.480 e. The van der Waals surface area contributed by atoms with Crippen molar-refractivity contribution in [3.8, 4) is 0 Å². The van der Waals surface area contributed by atoms with Crippen molar-refractivity contribution in [2.45, 2.75) is 85.2 Å². The van der Waals surface area contributed by atoms with Crippen molar-refractivity contribution in [3.05, 3.63) is 0 Å². The fourth-order valence-electron chi connectivity index (χ4n) is 2.05. The summed E-state index contributed by atoms with van der Waals surface area (Å²) < 4.78 is 15.5. The fraction of sp³-hybridized carbons (Fsp3) is 0.800. The lowest BCUT2D eigenvalue weighted by molar-refractivity contribution is -0.139. The van der Waals surface area contributed by atoms with Crippen LogP contribution < -0.4 is 10.6 Å². The lowest BCUT2D eigenvalue weighted by atomic mass is 10.2. The zero-order chi connectivity index (χ0) is 24.6. The first-order valence-electron chi connectivity index (χ1n) is 9.96. The van der Waals surface area contributed by atoms with E-state index in [1.165, 1.54) is 0 Å². The molecule has 3 amide bonds. The number of alkyl carbamates (subject to hydrolysis) is 2. The summed E-state index contributed by atoms with van der Waals surface area (Å²) in [6, 6.07) is -1.45. The maximum Gasteiger partial charge on any atom is 0.410 e. The number of hydrogen-bond donors (Lipinski definition) is 3. The minimum Gasteiger partial charge on any atom is -0.480 e. The van der Waals surface area contributed by atoms with Gasteiger partial charge in [-0.15, -0.1) is 0 Å². The maximum absolute atomic E-state index is 12.6. The zero-order valence-electron chi connectivity index (χ0n) is 20.0. The summed E-state index contributed by atoms with van der Waals surface area (Å²) in [7, 11) is 0. The van der Waals surface area contributed by atoms with Crippen molar-refractivity contribution in [2.75, 3.05) is 19.6 Å². The third-order valence-corrected chi connectivity index (χ3v) is 3.09. The Bertz CT molecular complexity index is 644. The van der Waals surface area contributed by atoms with Crippen LogP contribution in [0, 0.1) is 0 Å². The highest BCUT2D eigenvalue weighted by atomic mass is 16.6. The first kappa shape index (κ1) is 28.3. The molecule has 1 atom stereocenters. The number of nitrogens with zero attached hydrogens (tertiary/aromatic N) is 1. The fourth-order valence-corrected chi connectivity index (χ4v) is 2.05. The smallest absolute Gasteiger partial charge is 0.410 e. The van der Waals surface area contributed by atoms with Gasteiger partial charge >= 0.3 is 24.2 Å². The van der Waals surface area contributed by atoms with Gasteiger partial charge in [-0.05, 0) is 62.3 Å². The average Bonchev–Trinajstić information content (AvgIpc) is 2.47. The molecule has 0 aliphatic carbocycles. The number of aliphatic carboxylic acids is 1. The van der Waals surface area contributed by atoms with Crippen molar-refractivity contribution < 1.29 is 38.5 Å². The van der Waals surface area contributed by atoms with E-state index in [1.54, 1.807) is 62.3 Å². The summed E-state index contributed by atoms with van der Waals surface area (Å²) in [6.07, 6.45) is -2.41.